The molecule has 0 amide bonds. The number of ether oxygens (including phenoxy) is 1. The molecule has 6 heteroatoms. The van der Waals surface area contributed by atoms with E-state index < -0.39 is 7.05 Å². The van der Waals surface area contributed by atoms with E-state index in [0.29, 0.717) is 5.70 Å². The van der Waals surface area contributed by atoms with Crippen LogP contribution in [0.5, 0.6) is 0 Å². The van der Waals surface area contributed by atoms with Crippen LogP contribution in [0.15, 0.2) is 11.3 Å². The van der Waals surface area contributed by atoms with Crippen LogP contribution in [-0.2, 0) is 9.53 Å². The zero-order valence-electron chi connectivity index (χ0n) is 10.1. The number of hydrogen-bond acceptors (Lipinski definition) is 5. The lowest BCUT2D eigenvalue weighted by molar-refractivity contribution is -0.136. The molecule has 16 heavy (non-hydrogen) atoms. The van der Waals surface area contributed by atoms with E-state index in [0.717, 1.165) is 31.5 Å². The molecule has 1 saturated heterocycles. The normalized spacial score (nSPS) is 16.9. The summed E-state index contributed by atoms with van der Waals surface area (Å²) in [7, 11) is 2.68. The first-order valence-corrected chi connectivity index (χ1v) is 5.50. The highest BCUT2D eigenvalue weighted by Gasteiger charge is 2.24. The largest absolute Gasteiger partial charge is 0.464 e. The molecule has 1 aliphatic heterocycles. The predicted molar refractivity (Wildman–Crippen MR) is 62.7 cm³/mol. The van der Waals surface area contributed by atoms with Gasteiger partial charge in [-0.1, -0.05) is 0 Å². The van der Waals surface area contributed by atoms with Gasteiger partial charge in [-0.05, 0) is 38.3 Å². The minimum Gasteiger partial charge on any atom is -0.464 e. The van der Waals surface area contributed by atoms with Crippen molar-refractivity contribution < 1.29 is 14.6 Å². The third-order valence-electron chi connectivity index (χ3n) is 2.92. The number of methoxy groups -OCH3 is 1. The summed E-state index contributed by atoms with van der Waals surface area (Å²) in [6, 6.07) is 0. The third-order valence-corrected chi connectivity index (χ3v) is 2.92. The highest BCUT2D eigenvalue weighted by atomic mass is 16.5. The van der Waals surface area contributed by atoms with Gasteiger partial charge in [0.15, 0.2) is 0 Å². The van der Waals surface area contributed by atoms with Crippen LogP contribution in [0.2, 0.25) is 6.82 Å². The smallest absolute Gasteiger partial charge is 0.376 e. The molecular formula is C10H19BN2O3. The summed E-state index contributed by atoms with van der Waals surface area (Å²) >= 11 is 0. The van der Waals surface area contributed by atoms with Gasteiger partial charge < -0.3 is 19.9 Å². The number of piperidine rings is 1. The fourth-order valence-electron chi connectivity index (χ4n) is 1.94. The zero-order valence-corrected chi connectivity index (χ0v) is 10.1. The van der Waals surface area contributed by atoms with E-state index in [2.05, 4.69) is 5.32 Å². The van der Waals surface area contributed by atoms with Crippen LogP contribution in [0.3, 0.4) is 0 Å². The maximum Gasteiger partial charge on any atom is 0.376 e. The van der Waals surface area contributed by atoms with Crippen LogP contribution in [0.25, 0.3) is 0 Å². The molecule has 90 valence electrons. The van der Waals surface area contributed by atoms with E-state index in [4.69, 9.17) is 4.74 Å². The van der Waals surface area contributed by atoms with Crippen molar-refractivity contribution in [2.24, 2.45) is 0 Å². The number of rotatable bonds is 3. The Morgan fingerprint density at radius 1 is 1.50 bits per heavy atom. The van der Waals surface area contributed by atoms with Crippen molar-refractivity contribution in [3.05, 3.63) is 11.3 Å². The van der Waals surface area contributed by atoms with Crippen molar-refractivity contribution in [3.8, 4) is 0 Å². The third kappa shape index (κ3) is 2.99. The summed E-state index contributed by atoms with van der Waals surface area (Å²) in [5, 5.41) is 12.3. The molecule has 0 spiro atoms. The summed E-state index contributed by atoms with van der Waals surface area (Å²) in [5.74, 6) is -0.317. The van der Waals surface area contributed by atoms with Gasteiger partial charge in [-0.25, -0.2) is 4.79 Å². The first kappa shape index (κ1) is 13.1. The first-order valence-electron chi connectivity index (χ1n) is 5.50. The highest BCUT2D eigenvalue weighted by Crippen LogP contribution is 2.19. The number of carbonyl (C=O) groups excluding carboxylic acids is 1. The number of esters is 1. The molecule has 1 heterocycles. The van der Waals surface area contributed by atoms with E-state index in [1.54, 1.807) is 13.9 Å². The van der Waals surface area contributed by atoms with E-state index in [1.807, 2.05) is 4.81 Å². The first-order chi connectivity index (χ1) is 7.60. The summed E-state index contributed by atoms with van der Waals surface area (Å²) in [6.07, 6.45) is 1.58. The standard InChI is InChI=1S/C10H19BN2O3/c1-11(15)13-6-4-8(5-7-13)9(12-2)10(14)16-3/h12,15H,4-7H2,1-3H3. The Balaban J connectivity index is 2.69. The molecule has 1 fully saturated rings. The fourth-order valence-corrected chi connectivity index (χ4v) is 1.94. The molecule has 0 saturated carbocycles. The number of carbonyl (C=O) groups is 1. The monoisotopic (exact) mass is 226 g/mol. The van der Waals surface area contributed by atoms with Gasteiger partial charge in [0, 0.05) is 7.05 Å². The molecule has 0 bridgehead atoms. The van der Waals surface area contributed by atoms with E-state index in [-0.39, 0.29) is 5.97 Å². The molecule has 0 radical (unpaired) electrons. The molecule has 5 nitrogen and oxygen atoms in total. The highest BCUT2D eigenvalue weighted by molar-refractivity contribution is 6.45. The predicted octanol–water partition coefficient (Wildman–Crippen LogP) is -0.161. The summed E-state index contributed by atoms with van der Waals surface area (Å²) in [6.45, 7) is 3.30. The Hall–Kier alpha value is -1.01. The van der Waals surface area contributed by atoms with E-state index >= 15 is 0 Å². The Kier molecular flexibility index (Phi) is 4.83. The summed E-state index contributed by atoms with van der Waals surface area (Å²) < 4.78 is 4.71. The van der Waals surface area contributed by atoms with Crippen molar-refractivity contribution in [1.29, 1.82) is 0 Å². The maximum absolute atomic E-state index is 11.5. The van der Waals surface area contributed by atoms with Gasteiger partial charge in [-0.15, -0.1) is 0 Å². The molecule has 0 aliphatic carbocycles. The average molecular weight is 226 g/mol. The van der Waals surface area contributed by atoms with Crippen molar-refractivity contribution >= 4 is 13.0 Å². The van der Waals surface area contributed by atoms with Crippen molar-refractivity contribution in [3.63, 3.8) is 0 Å². The second kappa shape index (κ2) is 5.91. The Bertz CT molecular complexity index is 282. The molecule has 2 N–H and O–H groups in total. The zero-order chi connectivity index (χ0) is 12.1. The molecule has 1 aliphatic rings. The molecule has 0 atom stereocenters. The minimum absolute atomic E-state index is 0.317. The Morgan fingerprint density at radius 2 is 2.06 bits per heavy atom. The van der Waals surface area contributed by atoms with Crippen LogP contribution in [0, 0.1) is 0 Å². The second-order valence-electron chi connectivity index (χ2n) is 3.89. The second-order valence-corrected chi connectivity index (χ2v) is 3.89. The Morgan fingerprint density at radius 3 is 2.44 bits per heavy atom. The van der Waals surface area contributed by atoms with Crippen molar-refractivity contribution in [1.82, 2.24) is 10.1 Å². The van der Waals surface area contributed by atoms with E-state index in [1.165, 1.54) is 7.11 Å². The van der Waals surface area contributed by atoms with E-state index in [9.17, 15) is 9.82 Å². The summed E-state index contributed by atoms with van der Waals surface area (Å²) in [5.41, 5.74) is 1.64. The van der Waals surface area contributed by atoms with Gasteiger partial charge in [0.1, 0.15) is 5.70 Å². The molecular weight excluding hydrogens is 207 g/mol. The van der Waals surface area contributed by atoms with Crippen LogP contribution in [0.1, 0.15) is 12.8 Å². The lowest BCUT2D eigenvalue weighted by atomic mass is 9.82. The van der Waals surface area contributed by atoms with Crippen LogP contribution >= 0.6 is 0 Å². The number of nitrogens with zero attached hydrogens (tertiary/aromatic N) is 1. The number of nitrogens with one attached hydrogen (secondary N) is 1. The van der Waals surface area contributed by atoms with Crippen LogP contribution in [0.4, 0.5) is 0 Å². The SMILES string of the molecule is CNC(C(=O)OC)=C1CCN(B(C)O)CC1. The number of likely N-dealkylation sites (N-methyl/N-ethyl adjacent to an activating group) is 1. The average Bonchev–Trinajstić information content (AvgIpc) is 2.30. The van der Waals surface area contributed by atoms with Gasteiger partial charge in [0.05, 0.1) is 7.11 Å². The molecule has 0 aromatic rings. The summed E-state index contributed by atoms with van der Waals surface area (Å²) in [4.78, 5) is 13.4. The maximum atomic E-state index is 11.5. The fraction of sp³-hybridized carbons (Fsp3) is 0.700. The van der Waals surface area contributed by atoms with Crippen LogP contribution in [-0.4, -0.2) is 50.1 Å². The molecule has 0 aromatic heterocycles. The lowest BCUT2D eigenvalue weighted by Crippen LogP contribution is -2.42. The molecule has 0 unspecified atom stereocenters. The Labute approximate surface area is 96.6 Å². The van der Waals surface area contributed by atoms with Gasteiger partial charge in [-0.3, -0.25) is 0 Å². The van der Waals surface area contributed by atoms with Crippen LogP contribution < -0.4 is 5.32 Å². The quantitative estimate of drug-likeness (QED) is 0.397. The van der Waals surface area contributed by atoms with Crippen molar-refractivity contribution in [2.75, 3.05) is 27.2 Å². The molecule has 0 aromatic carbocycles. The van der Waals surface area contributed by atoms with Gasteiger partial charge in [0.2, 0.25) is 0 Å². The number of hydrogen-bond donors (Lipinski definition) is 2. The van der Waals surface area contributed by atoms with Gasteiger partial charge >= 0.3 is 13.0 Å². The molecule has 1 rings (SSSR count). The topological polar surface area (TPSA) is 61.8 Å². The lowest BCUT2D eigenvalue weighted by Gasteiger charge is -2.29. The van der Waals surface area contributed by atoms with Gasteiger partial charge in [-0.2, -0.15) is 0 Å². The van der Waals surface area contributed by atoms with Crippen molar-refractivity contribution in [2.45, 2.75) is 19.7 Å². The minimum atomic E-state index is -0.419. The van der Waals surface area contributed by atoms with Gasteiger partial charge in [0.25, 0.3) is 0 Å².